The van der Waals surface area contributed by atoms with Crippen LogP contribution in [0.2, 0.25) is 0 Å². The monoisotopic (exact) mass is 638 g/mol. The molecule has 1 aromatic rings. The van der Waals surface area contributed by atoms with E-state index in [0.717, 1.165) is 30.6 Å². The van der Waals surface area contributed by atoms with E-state index in [2.05, 4.69) is 15.5 Å². The van der Waals surface area contributed by atoms with E-state index >= 15 is 0 Å². The fourth-order valence-electron chi connectivity index (χ4n) is 4.90. The standard InChI is InChI=1S/C26H34N6O9S2/c1-13(40-23(35)14-7-5-4-6-8-14)41-24(36)19-15(9-10-39-26(37)31(2)3)11-42-22-18(21(34)32(19)22)29-20(33)17(30-38)16-12-43-25(27)28-16/h12-14,18,22,38H,4-11H2,1-3H3,(H2,27,28)(H,29,33)/b30-17-/t13?,18?,22-/m0/s1. The maximum atomic E-state index is 13.4. The van der Waals surface area contributed by atoms with Crippen LogP contribution >= 0.6 is 23.1 Å². The van der Waals surface area contributed by atoms with Crippen LogP contribution in [0, 0.1) is 5.92 Å². The molecule has 1 aliphatic carbocycles. The molecular formula is C26H34N6O9S2. The average Bonchev–Trinajstić information content (AvgIpc) is 3.41. The Hall–Kier alpha value is -3.86. The Morgan fingerprint density at radius 2 is 1.95 bits per heavy atom. The van der Waals surface area contributed by atoms with Gasteiger partial charge in [0.15, 0.2) is 10.8 Å². The van der Waals surface area contributed by atoms with Gasteiger partial charge in [-0.05, 0) is 18.4 Å². The van der Waals surface area contributed by atoms with Crippen LogP contribution in [0.25, 0.3) is 0 Å². The molecule has 3 amide bonds. The minimum atomic E-state index is -1.21. The van der Waals surface area contributed by atoms with Crippen LogP contribution in [0.1, 0.15) is 51.1 Å². The number of esters is 2. The van der Waals surface area contributed by atoms with Crippen LogP contribution in [0.15, 0.2) is 21.8 Å². The fraction of sp³-hybridized carbons (Fsp3) is 0.577. The molecule has 3 atom stereocenters. The topological polar surface area (TPSA) is 203 Å². The van der Waals surface area contributed by atoms with E-state index in [1.807, 2.05) is 0 Å². The number of carbonyl (C=O) groups excluding carboxylic acids is 5. The predicted octanol–water partition coefficient (Wildman–Crippen LogP) is 1.66. The molecule has 17 heteroatoms. The van der Waals surface area contributed by atoms with Crippen molar-refractivity contribution in [2.24, 2.45) is 11.1 Å². The predicted molar refractivity (Wildman–Crippen MR) is 155 cm³/mol. The van der Waals surface area contributed by atoms with E-state index in [1.165, 1.54) is 48.0 Å². The van der Waals surface area contributed by atoms with E-state index < -0.39 is 53.3 Å². The maximum Gasteiger partial charge on any atom is 0.409 e. The molecule has 43 heavy (non-hydrogen) atoms. The van der Waals surface area contributed by atoms with Gasteiger partial charge in [0.25, 0.3) is 11.8 Å². The van der Waals surface area contributed by atoms with Gasteiger partial charge >= 0.3 is 18.0 Å². The van der Waals surface area contributed by atoms with Gasteiger partial charge in [-0.25, -0.2) is 14.6 Å². The Morgan fingerprint density at radius 1 is 1.23 bits per heavy atom. The van der Waals surface area contributed by atoms with E-state index in [1.54, 1.807) is 0 Å². The van der Waals surface area contributed by atoms with Gasteiger partial charge in [-0.3, -0.25) is 19.3 Å². The smallest absolute Gasteiger partial charge is 0.409 e. The van der Waals surface area contributed by atoms with Crippen LogP contribution in [-0.4, -0.2) is 99.7 Å². The van der Waals surface area contributed by atoms with Crippen molar-refractivity contribution in [1.82, 2.24) is 20.1 Å². The largest absolute Gasteiger partial charge is 0.449 e. The number of β-lactam (4-membered cyclic amide) rings is 1. The SMILES string of the molecule is CC(OC(=O)C1=C(CCOC(=O)N(C)C)CS[C@H]2C(NC(=O)/C(=N\O)c3csc(N)n3)C(=O)N12)OC(=O)C1CCCCC1. The number of amides is 3. The Bertz CT molecular complexity index is 1320. The van der Waals surface area contributed by atoms with Gasteiger partial charge in [-0.2, -0.15) is 0 Å². The number of thioether (sulfide) groups is 1. The first kappa shape index (κ1) is 32.1. The second-order valence-corrected chi connectivity index (χ2v) is 12.3. The van der Waals surface area contributed by atoms with Gasteiger partial charge in [0.2, 0.25) is 6.29 Å². The highest BCUT2D eigenvalue weighted by molar-refractivity contribution is 8.00. The van der Waals surface area contributed by atoms with Gasteiger partial charge in [-0.1, -0.05) is 24.4 Å². The lowest BCUT2D eigenvalue weighted by molar-refractivity contribution is -0.187. The van der Waals surface area contributed by atoms with Crippen molar-refractivity contribution in [3.05, 3.63) is 22.3 Å². The van der Waals surface area contributed by atoms with Gasteiger partial charge in [-0.15, -0.1) is 23.1 Å². The molecule has 15 nitrogen and oxygen atoms in total. The van der Waals surface area contributed by atoms with E-state index in [0.29, 0.717) is 18.4 Å². The number of anilines is 1. The molecule has 3 heterocycles. The summed E-state index contributed by atoms with van der Waals surface area (Å²) in [6, 6.07) is -1.05. The van der Waals surface area contributed by atoms with Gasteiger partial charge < -0.3 is 35.4 Å². The van der Waals surface area contributed by atoms with Crippen LogP contribution in [0.5, 0.6) is 0 Å². The van der Waals surface area contributed by atoms with E-state index in [4.69, 9.17) is 19.9 Å². The van der Waals surface area contributed by atoms with Crippen LogP contribution in [0.3, 0.4) is 0 Å². The average molecular weight is 639 g/mol. The van der Waals surface area contributed by atoms with Gasteiger partial charge in [0, 0.05) is 38.6 Å². The minimum absolute atomic E-state index is 0.0397. The highest BCUT2D eigenvalue weighted by atomic mass is 32.2. The quantitative estimate of drug-likeness (QED) is 0.0836. The number of rotatable bonds is 10. The third kappa shape index (κ3) is 7.38. The minimum Gasteiger partial charge on any atom is -0.449 e. The van der Waals surface area contributed by atoms with Crippen LogP contribution < -0.4 is 11.1 Å². The number of nitrogen functional groups attached to an aromatic ring is 1. The van der Waals surface area contributed by atoms with E-state index in [-0.39, 0.29) is 41.2 Å². The van der Waals surface area contributed by atoms with E-state index in [9.17, 15) is 29.2 Å². The number of hydrogen-bond donors (Lipinski definition) is 3. The second kappa shape index (κ2) is 14.1. The van der Waals surface area contributed by atoms with Crippen molar-refractivity contribution >= 4 is 63.8 Å². The number of nitrogens with zero attached hydrogens (tertiary/aromatic N) is 4. The zero-order chi connectivity index (χ0) is 31.3. The number of thiazole rings is 1. The number of hydrogen-bond acceptors (Lipinski definition) is 14. The zero-order valence-electron chi connectivity index (χ0n) is 23.9. The summed E-state index contributed by atoms with van der Waals surface area (Å²) in [6.07, 6.45) is 2.71. The molecular weight excluding hydrogens is 604 g/mol. The summed E-state index contributed by atoms with van der Waals surface area (Å²) in [7, 11) is 3.07. The summed E-state index contributed by atoms with van der Waals surface area (Å²) >= 11 is 2.33. The summed E-state index contributed by atoms with van der Waals surface area (Å²) in [5, 5.41) is 15.9. The molecule has 1 aromatic heterocycles. The molecule has 1 saturated heterocycles. The number of aromatic nitrogens is 1. The summed E-state index contributed by atoms with van der Waals surface area (Å²) < 4.78 is 16.1. The molecule has 3 aliphatic rings. The highest BCUT2D eigenvalue weighted by Gasteiger charge is 2.55. The fourth-order valence-corrected chi connectivity index (χ4v) is 6.84. The summed E-state index contributed by atoms with van der Waals surface area (Å²) in [6.45, 7) is 1.37. The number of ether oxygens (including phenoxy) is 3. The van der Waals surface area contributed by atoms with Crippen molar-refractivity contribution in [2.45, 2.75) is 63.2 Å². The molecule has 2 unspecified atom stereocenters. The van der Waals surface area contributed by atoms with Crippen molar-refractivity contribution in [1.29, 1.82) is 0 Å². The second-order valence-electron chi connectivity index (χ2n) is 10.3. The summed E-state index contributed by atoms with van der Waals surface area (Å²) in [4.78, 5) is 70.5. The number of fused-ring (bicyclic) bond motifs is 1. The lowest BCUT2D eigenvalue weighted by Crippen LogP contribution is -2.71. The summed E-state index contributed by atoms with van der Waals surface area (Å²) in [5.41, 5.74) is 5.64. The lowest BCUT2D eigenvalue weighted by atomic mass is 9.89. The molecule has 2 aliphatic heterocycles. The van der Waals surface area contributed by atoms with Crippen LogP contribution in [0.4, 0.5) is 9.93 Å². The van der Waals surface area contributed by atoms with Crippen LogP contribution in [-0.2, 0) is 33.4 Å². The van der Waals surface area contributed by atoms with Crippen molar-refractivity contribution in [3.8, 4) is 0 Å². The molecule has 4 rings (SSSR count). The lowest BCUT2D eigenvalue weighted by Gasteiger charge is -2.49. The number of carbonyl (C=O) groups is 5. The van der Waals surface area contributed by atoms with Gasteiger partial charge in [0.05, 0.1) is 12.5 Å². The van der Waals surface area contributed by atoms with Gasteiger partial charge in [0.1, 0.15) is 22.8 Å². The first-order valence-corrected chi connectivity index (χ1v) is 15.6. The first-order valence-electron chi connectivity index (χ1n) is 13.7. The molecule has 1 saturated carbocycles. The third-order valence-electron chi connectivity index (χ3n) is 7.09. The van der Waals surface area contributed by atoms with Crippen molar-refractivity contribution < 1.29 is 43.4 Å². The zero-order valence-corrected chi connectivity index (χ0v) is 25.6. The third-order valence-corrected chi connectivity index (χ3v) is 9.11. The normalized spacial score (nSPS) is 21.3. The molecule has 0 spiro atoms. The maximum absolute atomic E-state index is 13.4. The Morgan fingerprint density at radius 3 is 2.58 bits per heavy atom. The highest BCUT2D eigenvalue weighted by Crippen LogP contribution is 2.41. The molecule has 234 valence electrons. The number of nitrogens with two attached hydrogens (primary N) is 1. The molecule has 4 N–H and O–H groups in total. The molecule has 2 fully saturated rings. The number of oxime groups is 1. The number of nitrogens with one attached hydrogen (secondary N) is 1. The summed E-state index contributed by atoms with van der Waals surface area (Å²) in [5.74, 6) is -2.79. The molecule has 0 aromatic carbocycles. The first-order chi connectivity index (χ1) is 20.5. The molecule has 0 radical (unpaired) electrons. The van der Waals surface area contributed by atoms with Crippen molar-refractivity contribution in [3.63, 3.8) is 0 Å². The Labute approximate surface area is 255 Å². The Balaban J connectivity index is 1.48. The molecule has 0 bridgehead atoms. The van der Waals surface area contributed by atoms with Crippen molar-refractivity contribution in [2.75, 3.05) is 32.2 Å². The Kier molecular flexibility index (Phi) is 10.5.